The molecule has 2 rings (SSSR count). The van der Waals surface area contributed by atoms with Crippen LogP contribution in [0.2, 0.25) is 0 Å². The van der Waals surface area contributed by atoms with E-state index < -0.39 is 0 Å². The molecule has 0 fully saturated rings. The van der Waals surface area contributed by atoms with E-state index in [1.54, 1.807) is 18.2 Å². The van der Waals surface area contributed by atoms with Gasteiger partial charge < -0.3 is 4.74 Å². The van der Waals surface area contributed by atoms with Crippen molar-refractivity contribution in [1.82, 2.24) is 0 Å². The van der Waals surface area contributed by atoms with E-state index >= 15 is 0 Å². The van der Waals surface area contributed by atoms with Crippen molar-refractivity contribution >= 4 is 11.8 Å². The first-order valence-electron chi connectivity index (χ1n) is 3.99. The van der Waals surface area contributed by atoms with Crippen molar-refractivity contribution in [2.24, 2.45) is 0 Å². The molecule has 0 amide bonds. The third-order valence-electron chi connectivity index (χ3n) is 2.10. The summed E-state index contributed by atoms with van der Waals surface area (Å²) >= 11 is 0. The van der Waals surface area contributed by atoms with Crippen LogP contribution in [-0.4, -0.2) is 11.8 Å². The largest absolute Gasteiger partial charge is 0.457 e. The van der Waals surface area contributed by atoms with Gasteiger partial charge in [0.2, 0.25) is 0 Å². The molecule has 0 atom stereocenters. The van der Waals surface area contributed by atoms with Gasteiger partial charge in [-0.3, -0.25) is 4.79 Å². The van der Waals surface area contributed by atoms with Crippen LogP contribution >= 0.6 is 0 Å². The minimum atomic E-state index is -0.335. The summed E-state index contributed by atoms with van der Waals surface area (Å²) in [5.41, 5.74) is 1.93. The molecule has 0 aliphatic carbocycles. The molecule has 13 heavy (non-hydrogen) atoms. The monoisotopic (exact) mass is 176 g/mol. The highest BCUT2D eigenvalue weighted by atomic mass is 16.5. The molecular weight excluding hydrogens is 168 g/mol. The molecular formula is C10H8O3. The number of hydrogen-bond acceptors (Lipinski definition) is 3. The van der Waals surface area contributed by atoms with Gasteiger partial charge in [-0.25, -0.2) is 4.79 Å². The number of esters is 1. The van der Waals surface area contributed by atoms with Gasteiger partial charge in [-0.05, 0) is 13.0 Å². The zero-order chi connectivity index (χ0) is 9.42. The summed E-state index contributed by atoms with van der Waals surface area (Å²) in [7, 11) is 0. The fourth-order valence-corrected chi connectivity index (χ4v) is 1.33. The lowest BCUT2D eigenvalue weighted by Crippen LogP contribution is -1.98. The summed E-state index contributed by atoms with van der Waals surface area (Å²) in [5.74, 6) is -0.374. The van der Waals surface area contributed by atoms with E-state index in [0.29, 0.717) is 17.7 Å². The Morgan fingerprint density at radius 3 is 2.92 bits per heavy atom. The Hall–Kier alpha value is -1.64. The number of fused-ring (bicyclic) bond motifs is 1. The maximum Gasteiger partial charge on any atom is 0.338 e. The predicted molar refractivity (Wildman–Crippen MR) is 45.6 cm³/mol. The van der Waals surface area contributed by atoms with E-state index in [1.165, 1.54) is 6.92 Å². The van der Waals surface area contributed by atoms with Crippen LogP contribution < -0.4 is 0 Å². The Labute approximate surface area is 75.3 Å². The molecule has 0 bridgehead atoms. The van der Waals surface area contributed by atoms with E-state index in [0.717, 1.165) is 5.56 Å². The molecule has 0 spiro atoms. The Morgan fingerprint density at radius 2 is 2.23 bits per heavy atom. The average Bonchev–Trinajstić information content (AvgIpc) is 2.47. The van der Waals surface area contributed by atoms with Crippen LogP contribution in [0.25, 0.3) is 0 Å². The van der Waals surface area contributed by atoms with Gasteiger partial charge in [-0.15, -0.1) is 0 Å². The van der Waals surface area contributed by atoms with Crippen molar-refractivity contribution < 1.29 is 14.3 Å². The first kappa shape index (κ1) is 7.98. The zero-order valence-electron chi connectivity index (χ0n) is 7.16. The van der Waals surface area contributed by atoms with Crippen LogP contribution in [0.15, 0.2) is 18.2 Å². The molecule has 3 nitrogen and oxygen atoms in total. The number of carbonyl (C=O) groups is 2. The van der Waals surface area contributed by atoms with Gasteiger partial charge in [-0.1, -0.05) is 12.1 Å². The molecule has 0 saturated carbocycles. The van der Waals surface area contributed by atoms with Crippen LogP contribution in [-0.2, 0) is 11.3 Å². The van der Waals surface area contributed by atoms with Gasteiger partial charge in [0.1, 0.15) is 6.61 Å². The lowest BCUT2D eigenvalue weighted by molar-refractivity contribution is 0.0535. The first-order chi connectivity index (χ1) is 6.18. The van der Waals surface area contributed by atoms with Gasteiger partial charge in [-0.2, -0.15) is 0 Å². The summed E-state index contributed by atoms with van der Waals surface area (Å²) in [6, 6.07) is 5.06. The highest BCUT2D eigenvalue weighted by molar-refractivity contribution is 5.99. The molecule has 0 radical (unpaired) electrons. The minimum Gasteiger partial charge on any atom is -0.457 e. The van der Waals surface area contributed by atoms with Crippen LogP contribution in [0.5, 0.6) is 0 Å². The normalized spacial score (nSPS) is 13.8. The van der Waals surface area contributed by atoms with E-state index in [1.807, 2.05) is 0 Å². The Balaban J connectivity index is 2.54. The number of hydrogen-bond donors (Lipinski definition) is 0. The smallest absolute Gasteiger partial charge is 0.338 e. The highest BCUT2D eigenvalue weighted by Crippen LogP contribution is 2.20. The van der Waals surface area contributed by atoms with Crippen molar-refractivity contribution in [1.29, 1.82) is 0 Å². The van der Waals surface area contributed by atoms with Crippen LogP contribution in [0.3, 0.4) is 0 Å². The molecule has 1 aliphatic heterocycles. The fourth-order valence-electron chi connectivity index (χ4n) is 1.33. The number of cyclic esters (lactones) is 1. The number of benzene rings is 1. The quantitative estimate of drug-likeness (QED) is 0.481. The van der Waals surface area contributed by atoms with Crippen molar-refractivity contribution in [2.45, 2.75) is 13.5 Å². The molecule has 0 saturated heterocycles. The van der Waals surface area contributed by atoms with Gasteiger partial charge in [0, 0.05) is 11.1 Å². The topological polar surface area (TPSA) is 43.4 Å². The summed E-state index contributed by atoms with van der Waals surface area (Å²) in [6.45, 7) is 1.80. The molecule has 1 aromatic rings. The van der Waals surface area contributed by atoms with E-state index in [-0.39, 0.29) is 11.8 Å². The molecule has 0 N–H and O–H groups in total. The fraction of sp³-hybridized carbons (Fsp3) is 0.200. The predicted octanol–water partition coefficient (Wildman–Crippen LogP) is 1.56. The SMILES string of the molecule is CC(=O)c1ccc2c(c1)C(=O)OC2. The third kappa shape index (κ3) is 1.22. The Bertz CT molecular complexity index is 393. The molecule has 0 unspecified atom stereocenters. The minimum absolute atomic E-state index is 0.0394. The molecule has 1 aromatic carbocycles. The Kier molecular flexibility index (Phi) is 1.65. The molecule has 1 aliphatic rings. The highest BCUT2D eigenvalue weighted by Gasteiger charge is 2.21. The zero-order valence-corrected chi connectivity index (χ0v) is 7.16. The molecule has 3 heteroatoms. The van der Waals surface area contributed by atoms with Crippen molar-refractivity contribution in [3.8, 4) is 0 Å². The number of rotatable bonds is 1. The number of ketones is 1. The lowest BCUT2D eigenvalue weighted by Gasteiger charge is -1.96. The van der Waals surface area contributed by atoms with Crippen molar-refractivity contribution in [3.05, 3.63) is 34.9 Å². The lowest BCUT2D eigenvalue weighted by atomic mass is 10.0. The van der Waals surface area contributed by atoms with E-state index in [9.17, 15) is 9.59 Å². The second kappa shape index (κ2) is 2.69. The van der Waals surface area contributed by atoms with Gasteiger partial charge >= 0.3 is 5.97 Å². The van der Waals surface area contributed by atoms with E-state index in [4.69, 9.17) is 4.74 Å². The van der Waals surface area contributed by atoms with Gasteiger partial charge in [0.25, 0.3) is 0 Å². The van der Waals surface area contributed by atoms with Gasteiger partial charge in [0.15, 0.2) is 5.78 Å². The van der Waals surface area contributed by atoms with E-state index in [2.05, 4.69) is 0 Å². The standard InChI is InChI=1S/C10H8O3/c1-6(11)7-2-3-8-5-13-10(12)9(8)4-7/h2-4H,5H2,1H3. The number of carbonyl (C=O) groups excluding carboxylic acids is 2. The maximum atomic E-state index is 11.1. The van der Waals surface area contributed by atoms with Crippen LogP contribution in [0.4, 0.5) is 0 Å². The summed E-state index contributed by atoms with van der Waals surface area (Å²) in [5, 5.41) is 0. The van der Waals surface area contributed by atoms with Crippen molar-refractivity contribution in [2.75, 3.05) is 0 Å². The van der Waals surface area contributed by atoms with Crippen molar-refractivity contribution in [3.63, 3.8) is 0 Å². The molecule has 1 heterocycles. The van der Waals surface area contributed by atoms with Gasteiger partial charge in [0.05, 0.1) is 5.56 Å². The first-order valence-corrected chi connectivity index (χ1v) is 3.99. The maximum absolute atomic E-state index is 11.1. The average molecular weight is 176 g/mol. The second-order valence-electron chi connectivity index (χ2n) is 3.00. The second-order valence-corrected chi connectivity index (χ2v) is 3.00. The summed E-state index contributed by atoms with van der Waals surface area (Å²) in [6.07, 6.45) is 0. The summed E-state index contributed by atoms with van der Waals surface area (Å²) < 4.78 is 4.81. The Morgan fingerprint density at radius 1 is 1.46 bits per heavy atom. The van der Waals surface area contributed by atoms with Crippen LogP contribution in [0, 0.1) is 0 Å². The molecule has 66 valence electrons. The molecule has 0 aromatic heterocycles. The number of Topliss-reactive ketones (excluding diaryl/α,β-unsaturated/α-hetero) is 1. The number of ether oxygens (including phenoxy) is 1. The van der Waals surface area contributed by atoms with Crippen LogP contribution in [0.1, 0.15) is 33.2 Å². The third-order valence-corrected chi connectivity index (χ3v) is 2.10. The summed E-state index contributed by atoms with van der Waals surface area (Å²) in [4.78, 5) is 22.1.